The molecule has 1 aliphatic rings. The van der Waals surface area contributed by atoms with Gasteiger partial charge in [0, 0.05) is 28.6 Å². The van der Waals surface area contributed by atoms with Crippen molar-refractivity contribution in [3.05, 3.63) is 68.6 Å². The summed E-state index contributed by atoms with van der Waals surface area (Å²) in [5.41, 5.74) is 4.38. The first-order chi connectivity index (χ1) is 12.5. The molecule has 1 aliphatic carbocycles. The van der Waals surface area contributed by atoms with Crippen LogP contribution in [0.15, 0.2) is 57.5 Å². The van der Waals surface area contributed by atoms with Gasteiger partial charge in [0.05, 0.1) is 11.4 Å². The van der Waals surface area contributed by atoms with Gasteiger partial charge in [-0.15, -0.1) is 0 Å². The van der Waals surface area contributed by atoms with E-state index in [1.807, 2.05) is 42.1 Å². The van der Waals surface area contributed by atoms with Crippen LogP contribution in [0.4, 0.5) is 11.4 Å². The summed E-state index contributed by atoms with van der Waals surface area (Å²) in [6.07, 6.45) is 4.29. The van der Waals surface area contributed by atoms with Crippen molar-refractivity contribution in [3.63, 3.8) is 0 Å². The van der Waals surface area contributed by atoms with Crippen molar-refractivity contribution in [1.29, 1.82) is 5.41 Å². The van der Waals surface area contributed by atoms with Crippen molar-refractivity contribution >= 4 is 72.1 Å². The van der Waals surface area contributed by atoms with E-state index in [4.69, 9.17) is 5.41 Å². The molecule has 26 heavy (non-hydrogen) atoms. The second-order valence-corrected chi connectivity index (χ2v) is 8.08. The van der Waals surface area contributed by atoms with Crippen LogP contribution < -0.4 is 9.80 Å². The van der Waals surface area contributed by atoms with Crippen LogP contribution in [0, 0.1) is 5.41 Å². The minimum Gasteiger partial charge on any atom is -0.315 e. The molecule has 0 amide bonds. The number of hydrogen-bond donors (Lipinski definition) is 1. The third kappa shape index (κ3) is 2.75. The molecule has 3 aromatic carbocycles. The third-order valence-corrected chi connectivity index (χ3v) is 5.95. The summed E-state index contributed by atoms with van der Waals surface area (Å²) in [5, 5.41) is 11.2. The minimum atomic E-state index is 0.400. The Morgan fingerprint density at radius 3 is 2.46 bits per heavy atom. The largest absolute Gasteiger partial charge is 0.315 e. The smallest absolute Gasteiger partial charge is 0.202 e. The van der Waals surface area contributed by atoms with Gasteiger partial charge in [-0.05, 0) is 56.5 Å². The highest BCUT2D eigenvalue weighted by Gasteiger charge is 2.20. The molecule has 0 heterocycles. The maximum atomic E-state index is 8.73. The standard InChI is InChI=1S/C21H17Br2N3/c1-25(21(24)26(2)19-12-15(22)8-10-17(19)23)18-11-7-14-5-3-4-13-6-9-16(18)20(13)14/h3-12,24H,1-2H3. The lowest BCUT2D eigenvalue weighted by Gasteiger charge is -2.30. The highest BCUT2D eigenvalue weighted by molar-refractivity contribution is 9.11. The zero-order chi connectivity index (χ0) is 18.4. The molecular weight excluding hydrogens is 454 g/mol. The molecule has 5 heteroatoms. The van der Waals surface area contributed by atoms with Crippen LogP contribution in [0.3, 0.4) is 0 Å². The Morgan fingerprint density at radius 1 is 0.885 bits per heavy atom. The number of rotatable bonds is 2. The summed E-state index contributed by atoms with van der Waals surface area (Å²) < 4.78 is 1.93. The van der Waals surface area contributed by atoms with Crippen LogP contribution in [0.2, 0.25) is 0 Å². The van der Waals surface area contributed by atoms with E-state index in [2.05, 4.69) is 74.3 Å². The van der Waals surface area contributed by atoms with E-state index >= 15 is 0 Å². The van der Waals surface area contributed by atoms with Gasteiger partial charge in [-0.2, -0.15) is 0 Å². The van der Waals surface area contributed by atoms with Gasteiger partial charge < -0.3 is 9.80 Å². The first kappa shape index (κ1) is 17.3. The van der Waals surface area contributed by atoms with Gasteiger partial charge in [-0.3, -0.25) is 5.41 Å². The van der Waals surface area contributed by atoms with Gasteiger partial charge in [0.15, 0.2) is 0 Å². The summed E-state index contributed by atoms with van der Waals surface area (Å²) >= 11 is 7.10. The van der Waals surface area contributed by atoms with Crippen LogP contribution in [0.5, 0.6) is 0 Å². The zero-order valence-corrected chi connectivity index (χ0v) is 17.6. The Hall–Kier alpha value is -2.11. The van der Waals surface area contributed by atoms with E-state index in [-0.39, 0.29) is 0 Å². The lowest BCUT2D eigenvalue weighted by atomic mass is 10.0. The fourth-order valence-electron chi connectivity index (χ4n) is 3.39. The summed E-state index contributed by atoms with van der Waals surface area (Å²) in [7, 11) is 3.85. The van der Waals surface area contributed by atoms with E-state index < -0.39 is 0 Å². The van der Waals surface area contributed by atoms with Crippen LogP contribution in [-0.2, 0) is 0 Å². The number of guanidine groups is 1. The predicted molar refractivity (Wildman–Crippen MR) is 119 cm³/mol. The fraction of sp³-hybridized carbons (Fsp3) is 0.0952. The average molecular weight is 471 g/mol. The van der Waals surface area contributed by atoms with Gasteiger partial charge in [0.2, 0.25) is 5.96 Å². The first-order valence-corrected chi connectivity index (χ1v) is 9.81. The zero-order valence-electron chi connectivity index (χ0n) is 14.4. The lowest BCUT2D eigenvalue weighted by Crippen LogP contribution is -2.40. The first-order valence-electron chi connectivity index (χ1n) is 8.22. The maximum Gasteiger partial charge on any atom is 0.202 e. The number of anilines is 2. The molecule has 4 rings (SSSR count). The molecule has 0 aliphatic heterocycles. The Labute approximate surface area is 169 Å². The molecule has 0 radical (unpaired) electrons. The van der Waals surface area contributed by atoms with Gasteiger partial charge in [-0.25, -0.2) is 0 Å². The molecule has 0 unspecified atom stereocenters. The Balaban J connectivity index is 1.74. The highest BCUT2D eigenvalue weighted by Crippen LogP contribution is 2.38. The molecule has 1 N–H and O–H groups in total. The monoisotopic (exact) mass is 469 g/mol. The fourth-order valence-corrected chi connectivity index (χ4v) is 4.26. The van der Waals surface area contributed by atoms with Crippen LogP contribution in [0.25, 0.3) is 22.9 Å². The molecule has 0 aromatic heterocycles. The van der Waals surface area contributed by atoms with Gasteiger partial charge >= 0.3 is 0 Å². The average Bonchev–Trinajstić information content (AvgIpc) is 3.08. The Bertz CT molecular complexity index is 1070. The van der Waals surface area contributed by atoms with Crippen molar-refractivity contribution in [3.8, 4) is 0 Å². The molecule has 3 aromatic rings. The van der Waals surface area contributed by atoms with Crippen molar-refractivity contribution in [1.82, 2.24) is 0 Å². The number of benzene rings is 3. The summed E-state index contributed by atoms with van der Waals surface area (Å²) in [5.74, 6) is 0.400. The Morgan fingerprint density at radius 2 is 1.65 bits per heavy atom. The SMILES string of the molecule is CN(C(=N)N(C)c1ccc2cccc3c2c1C=C3)c1cc(Br)ccc1Br. The van der Waals surface area contributed by atoms with Gasteiger partial charge in [0.1, 0.15) is 0 Å². The topological polar surface area (TPSA) is 30.3 Å². The molecule has 0 saturated heterocycles. The van der Waals surface area contributed by atoms with E-state index in [0.29, 0.717) is 5.96 Å². The van der Waals surface area contributed by atoms with Crippen molar-refractivity contribution in [2.75, 3.05) is 23.9 Å². The van der Waals surface area contributed by atoms with Crippen molar-refractivity contribution in [2.45, 2.75) is 0 Å². The number of nitrogens with one attached hydrogen (secondary N) is 1. The summed E-state index contributed by atoms with van der Waals surface area (Å²) in [6.45, 7) is 0. The minimum absolute atomic E-state index is 0.400. The van der Waals surface area contributed by atoms with E-state index in [0.717, 1.165) is 20.3 Å². The third-order valence-electron chi connectivity index (χ3n) is 4.79. The van der Waals surface area contributed by atoms with Gasteiger partial charge in [0.25, 0.3) is 0 Å². The molecular formula is C21H17Br2N3. The maximum absolute atomic E-state index is 8.73. The van der Waals surface area contributed by atoms with E-state index in [9.17, 15) is 0 Å². The van der Waals surface area contributed by atoms with Crippen molar-refractivity contribution < 1.29 is 0 Å². The number of nitrogens with zero attached hydrogens (tertiary/aromatic N) is 2. The predicted octanol–water partition coefficient (Wildman–Crippen LogP) is 6.36. The van der Waals surface area contributed by atoms with Crippen LogP contribution >= 0.6 is 31.9 Å². The lowest BCUT2D eigenvalue weighted by molar-refractivity contribution is 1.11. The summed E-state index contributed by atoms with van der Waals surface area (Å²) in [6, 6.07) is 16.5. The highest BCUT2D eigenvalue weighted by atomic mass is 79.9. The number of hydrogen-bond acceptors (Lipinski definition) is 1. The Kier molecular flexibility index (Phi) is 4.37. The molecule has 0 saturated carbocycles. The summed E-state index contributed by atoms with van der Waals surface area (Å²) in [4.78, 5) is 3.80. The molecule has 3 nitrogen and oxygen atoms in total. The van der Waals surface area contributed by atoms with Crippen molar-refractivity contribution in [2.24, 2.45) is 0 Å². The molecule has 0 bridgehead atoms. The van der Waals surface area contributed by atoms with E-state index in [1.54, 1.807) is 0 Å². The quantitative estimate of drug-likeness (QED) is 0.273. The second kappa shape index (κ2) is 6.56. The molecule has 130 valence electrons. The van der Waals surface area contributed by atoms with Gasteiger partial charge in [-0.1, -0.05) is 52.3 Å². The second-order valence-electron chi connectivity index (χ2n) is 6.31. The molecule has 0 fully saturated rings. The normalized spacial score (nSPS) is 11.8. The van der Waals surface area contributed by atoms with Crippen LogP contribution in [-0.4, -0.2) is 20.1 Å². The number of halogens is 2. The van der Waals surface area contributed by atoms with Crippen LogP contribution in [0.1, 0.15) is 11.1 Å². The molecule has 0 atom stereocenters. The molecule has 0 spiro atoms. The van der Waals surface area contributed by atoms with E-state index in [1.165, 1.54) is 21.9 Å².